The van der Waals surface area contributed by atoms with Crippen molar-refractivity contribution in [2.75, 3.05) is 18.9 Å². The van der Waals surface area contributed by atoms with Gasteiger partial charge in [0.05, 0.1) is 22.5 Å². The van der Waals surface area contributed by atoms with Gasteiger partial charge in [0.25, 0.3) is 0 Å². The lowest BCUT2D eigenvalue weighted by Gasteiger charge is -2.27. The van der Waals surface area contributed by atoms with E-state index < -0.39 is 34.7 Å². The Morgan fingerprint density at radius 3 is 2.79 bits per heavy atom. The fourth-order valence-electron chi connectivity index (χ4n) is 5.05. The third-order valence-electron chi connectivity index (χ3n) is 7.06. The van der Waals surface area contributed by atoms with Crippen LogP contribution in [0.15, 0.2) is 41.3 Å². The molecular formula is C25H28BrN5O6S2. The average Bonchev–Trinajstić information content (AvgIpc) is 3.42. The maximum absolute atomic E-state index is 13.7. The monoisotopic (exact) mass is 637 g/mol. The van der Waals surface area contributed by atoms with Crippen molar-refractivity contribution >= 4 is 49.2 Å². The van der Waals surface area contributed by atoms with E-state index in [1.54, 1.807) is 0 Å². The summed E-state index contributed by atoms with van der Waals surface area (Å²) in [5.74, 6) is -0.123. The Morgan fingerprint density at radius 1 is 1.23 bits per heavy atom. The molecule has 0 unspecified atom stereocenters. The first kappa shape index (κ1) is 28.2. The topological polar surface area (TPSA) is 163 Å². The molecule has 0 amide bonds. The highest BCUT2D eigenvalue weighted by Crippen LogP contribution is 2.37. The number of aliphatic hydroxyl groups excluding tert-OH is 2. The molecule has 1 aromatic carbocycles. The van der Waals surface area contributed by atoms with Crippen LogP contribution in [0.5, 0.6) is 0 Å². The maximum atomic E-state index is 13.7. The molecule has 5 rings (SSSR count). The molecule has 0 radical (unpaired) electrons. The third kappa shape index (κ3) is 5.79. The first-order chi connectivity index (χ1) is 18.6. The minimum absolute atomic E-state index is 0.0363. The zero-order valence-corrected chi connectivity index (χ0v) is 24.3. The molecule has 1 saturated carbocycles. The van der Waals surface area contributed by atoms with E-state index in [4.69, 9.17) is 4.18 Å². The summed E-state index contributed by atoms with van der Waals surface area (Å²) in [6.07, 6.45) is -0.432. The zero-order chi connectivity index (χ0) is 27.9. The highest BCUT2D eigenvalue weighted by Gasteiger charge is 2.44. The van der Waals surface area contributed by atoms with Gasteiger partial charge in [0.2, 0.25) is 5.78 Å². The minimum atomic E-state index is -4.08. The SMILES string of the molecule is CNS(=O)(=O)O[C@@H]1C[C@@H](Nc2ncncc2C(=O)c2cc([C@H]3NCCc4ccc(Br)cc43)c(C)s2)[C@H](O)[C@H]1O. The molecular weight excluding hydrogens is 610 g/mol. The number of ketones is 1. The summed E-state index contributed by atoms with van der Waals surface area (Å²) in [6.45, 7) is 2.81. The number of anilines is 1. The molecule has 2 aliphatic rings. The summed E-state index contributed by atoms with van der Waals surface area (Å²) in [7, 11) is -2.90. The van der Waals surface area contributed by atoms with Gasteiger partial charge in [0.1, 0.15) is 30.5 Å². The summed E-state index contributed by atoms with van der Waals surface area (Å²) >= 11 is 4.95. The smallest absolute Gasteiger partial charge is 0.335 e. The zero-order valence-electron chi connectivity index (χ0n) is 21.1. The van der Waals surface area contributed by atoms with E-state index in [1.165, 1.54) is 42.0 Å². The molecule has 208 valence electrons. The van der Waals surface area contributed by atoms with Gasteiger partial charge < -0.3 is 20.8 Å². The molecule has 11 nitrogen and oxygen atoms in total. The number of nitrogens with one attached hydrogen (secondary N) is 3. The highest BCUT2D eigenvalue weighted by atomic mass is 79.9. The van der Waals surface area contributed by atoms with Crippen molar-refractivity contribution in [1.29, 1.82) is 0 Å². The van der Waals surface area contributed by atoms with Gasteiger partial charge in [0, 0.05) is 35.6 Å². The number of nitrogens with zero attached hydrogens (tertiary/aromatic N) is 2. The molecule has 0 saturated heterocycles. The first-order valence-corrected chi connectivity index (χ1v) is 15.3. The van der Waals surface area contributed by atoms with E-state index in [1.807, 2.05) is 23.8 Å². The van der Waals surface area contributed by atoms with Crippen LogP contribution in [0.25, 0.3) is 0 Å². The standard InChI is InChI=1S/C25H28BrN5O6S2/c1-12-15(21-16-7-14(26)4-3-13(16)5-6-29-21)8-20(38-12)22(32)17-10-28-11-30-25(17)31-18-9-19(24(34)23(18)33)37-39(35,36)27-2/h3-4,7-8,10-11,18-19,21,23-24,27,29,33-34H,5-6,9H2,1-2H3,(H,28,30,31)/t18-,19-,21-,23+,24+/m1/s1. The number of aliphatic hydroxyl groups is 2. The Morgan fingerprint density at radius 2 is 2.03 bits per heavy atom. The normalized spacial score (nSPS) is 24.9. The number of thiophene rings is 1. The van der Waals surface area contributed by atoms with Crippen molar-refractivity contribution < 1.29 is 27.6 Å². The molecule has 1 aliphatic carbocycles. The molecule has 14 heteroatoms. The van der Waals surface area contributed by atoms with Crippen LogP contribution in [0.1, 0.15) is 49.3 Å². The van der Waals surface area contributed by atoms with Gasteiger partial charge in [-0.1, -0.05) is 22.0 Å². The van der Waals surface area contributed by atoms with Crippen LogP contribution in [0.2, 0.25) is 0 Å². The number of carbonyl (C=O) groups excluding carboxylic acids is 1. The fourth-order valence-corrected chi connectivity index (χ4v) is 7.06. The summed E-state index contributed by atoms with van der Waals surface area (Å²) in [5.41, 5.74) is 3.66. The van der Waals surface area contributed by atoms with E-state index in [0.29, 0.717) is 4.88 Å². The first-order valence-electron chi connectivity index (χ1n) is 12.3. The van der Waals surface area contributed by atoms with Gasteiger partial charge >= 0.3 is 10.3 Å². The minimum Gasteiger partial charge on any atom is -0.388 e. The van der Waals surface area contributed by atoms with Crippen molar-refractivity contribution in [3.8, 4) is 0 Å². The number of hydrogen-bond donors (Lipinski definition) is 5. The molecule has 5 atom stereocenters. The van der Waals surface area contributed by atoms with Crippen LogP contribution in [0, 0.1) is 6.92 Å². The maximum Gasteiger partial charge on any atom is 0.335 e. The molecule has 3 heterocycles. The van der Waals surface area contributed by atoms with Crippen LogP contribution in [0.3, 0.4) is 0 Å². The second kappa shape index (κ2) is 11.3. The van der Waals surface area contributed by atoms with E-state index in [2.05, 4.69) is 48.7 Å². The van der Waals surface area contributed by atoms with Crippen LogP contribution in [-0.4, -0.2) is 72.3 Å². The second-order valence-corrected chi connectivity index (χ2v) is 13.2. The summed E-state index contributed by atoms with van der Waals surface area (Å²) in [4.78, 5) is 23.4. The van der Waals surface area contributed by atoms with Crippen molar-refractivity contribution in [2.45, 2.75) is 50.2 Å². The van der Waals surface area contributed by atoms with Crippen LogP contribution < -0.4 is 15.4 Å². The fraction of sp³-hybridized carbons (Fsp3) is 0.400. The molecule has 1 fully saturated rings. The third-order valence-corrected chi connectivity index (χ3v) is 9.62. The number of fused-ring (bicyclic) bond motifs is 1. The molecule has 3 aromatic rings. The number of aromatic nitrogens is 2. The van der Waals surface area contributed by atoms with Crippen LogP contribution in [0.4, 0.5) is 5.82 Å². The molecule has 39 heavy (non-hydrogen) atoms. The van der Waals surface area contributed by atoms with Crippen molar-refractivity contribution in [1.82, 2.24) is 20.0 Å². The number of rotatable bonds is 8. The number of halogens is 1. The van der Waals surface area contributed by atoms with Crippen molar-refractivity contribution in [3.05, 3.63) is 73.3 Å². The largest absolute Gasteiger partial charge is 0.388 e. The quantitative estimate of drug-likeness (QED) is 0.230. The lowest BCUT2D eigenvalue weighted by molar-refractivity contribution is -0.00882. The highest BCUT2D eigenvalue weighted by molar-refractivity contribution is 9.10. The van der Waals surface area contributed by atoms with Crippen molar-refractivity contribution in [2.24, 2.45) is 0 Å². The number of benzene rings is 1. The predicted octanol–water partition coefficient (Wildman–Crippen LogP) is 1.83. The van der Waals surface area contributed by atoms with Gasteiger partial charge in [-0.15, -0.1) is 11.3 Å². The summed E-state index contributed by atoms with van der Waals surface area (Å²) in [6, 6.07) is 7.30. The van der Waals surface area contributed by atoms with E-state index in [-0.39, 0.29) is 29.6 Å². The number of carbonyl (C=O) groups is 1. The molecule has 2 aromatic heterocycles. The summed E-state index contributed by atoms with van der Waals surface area (Å²) in [5, 5.41) is 27.5. The van der Waals surface area contributed by atoms with Crippen molar-refractivity contribution in [3.63, 3.8) is 0 Å². The summed E-state index contributed by atoms with van der Waals surface area (Å²) < 4.78 is 31.5. The molecule has 0 bridgehead atoms. The molecule has 0 spiro atoms. The van der Waals surface area contributed by atoms with Gasteiger partial charge in [0.15, 0.2) is 0 Å². The second-order valence-electron chi connectivity index (χ2n) is 9.48. The van der Waals surface area contributed by atoms with E-state index in [9.17, 15) is 23.4 Å². The van der Waals surface area contributed by atoms with Crippen LogP contribution in [-0.2, 0) is 20.9 Å². The number of hydrogen-bond acceptors (Lipinski definition) is 11. The molecule has 1 aliphatic heterocycles. The number of aryl methyl sites for hydroxylation is 1. The van der Waals surface area contributed by atoms with Gasteiger partial charge in [-0.25, -0.2) is 9.97 Å². The van der Waals surface area contributed by atoms with Crippen LogP contribution >= 0.6 is 27.3 Å². The lowest BCUT2D eigenvalue weighted by Crippen LogP contribution is -2.38. The predicted molar refractivity (Wildman–Crippen MR) is 149 cm³/mol. The Hall–Kier alpha value is -2.30. The lowest BCUT2D eigenvalue weighted by atomic mass is 9.90. The van der Waals surface area contributed by atoms with Gasteiger partial charge in [-0.3, -0.25) is 8.98 Å². The Balaban J connectivity index is 1.39. The van der Waals surface area contributed by atoms with Gasteiger partial charge in [-0.2, -0.15) is 13.1 Å². The molecule has 5 N–H and O–H groups in total. The van der Waals surface area contributed by atoms with E-state index >= 15 is 0 Å². The van der Waals surface area contributed by atoms with E-state index in [0.717, 1.165) is 27.9 Å². The average molecular weight is 639 g/mol. The Bertz CT molecular complexity index is 1500. The Labute approximate surface area is 238 Å². The Kier molecular flexibility index (Phi) is 8.18. The van der Waals surface area contributed by atoms with Gasteiger partial charge in [-0.05, 0) is 48.2 Å².